The highest BCUT2D eigenvalue weighted by Gasteiger charge is 2.20. The summed E-state index contributed by atoms with van der Waals surface area (Å²) in [6, 6.07) is 21.2. The largest absolute Gasteiger partial charge is 0.366 e. The maximum absolute atomic E-state index is 13.7. The number of benzene rings is 3. The van der Waals surface area contributed by atoms with Crippen LogP contribution in [-0.2, 0) is 19.4 Å². The second kappa shape index (κ2) is 7.33. The minimum atomic E-state index is -0.630. The second-order valence-corrected chi connectivity index (χ2v) is 7.04. The summed E-state index contributed by atoms with van der Waals surface area (Å²) < 4.78 is 13.7. The quantitative estimate of drug-likeness (QED) is 0.726. The Bertz CT molecular complexity index is 957. The summed E-state index contributed by atoms with van der Waals surface area (Å²) in [7, 11) is 0. The fourth-order valence-corrected chi connectivity index (χ4v) is 3.68. The van der Waals surface area contributed by atoms with Crippen LogP contribution in [-0.4, -0.2) is 11.9 Å². The van der Waals surface area contributed by atoms with Gasteiger partial charge in [-0.1, -0.05) is 48.5 Å². The molecule has 0 fully saturated rings. The summed E-state index contributed by atoms with van der Waals surface area (Å²) in [5, 5.41) is 3.62. The SMILES string of the molecule is NC(=O)c1cc(F)cc(-c2ccc(CNC3Cc4ccccc4C3)cc2)c1. The van der Waals surface area contributed by atoms with Gasteiger partial charge in [0.1, 0.15) is 5.82 Å². The van der Waals surface area contributed by atoms with E-state index >= 15 is 0 Å². The number of carbonyl (C=O) groups excluding carboxylic acids is 1. The van der Waals surface area contributed by atoms with Gasteiger partial charge in [-0.05, 0) is 58.9 Å². The number of halogens is 1. The number of primary amides is 1. The molecule has 3 nitrogen and oxygen atoms in total. The van der Waals surface area contributed by atoms with Gasteiger partial charge in [0.2, 0.25) is 5.91 Å². The van der Waals surface area contributed by atoms with E-state index in [0.29, 0.717) is 11.6 Å². The molecule has 3 aromatic rings. The number of amides is 1. The number of hydrogen-bond acceptors (Lipinski definition) is 2. The molecular weight excluding hydrogens is 339 g/mol. The van der Waals surface area contributed by atoms with Crippen LogP contribution in [0.5, 0.6) is 0 Å². The molecule has 0 saturated carbocycles. The van der Waals surface area contributed by atoms with Crippen molar-refractivity contribution in [2.75, 3.05) is 0 Å². The maximum atomic E-state index is 13.7. The lowest BCUT2D eigenvalue weighted by molar-refractivity contribution is 0.1000. The van der Waals surface area contributed by atoms with Crippen molar-refractivity contribution in [3.63, 3.8) is 0 Å². The van der Waals surface area contributed by atoms with Crippen LogP contribution in [0.3, 0.4) is 0 Å². The molecule has 0 bridgehead atoms. The fourth-order valence-electron chi connectivity index (χ4n) is 3.68. The van der Waals surface area contributed by atoms with Crippen molar-refractivity contribution in [1.29, 1.82) is 0 Å². The lowest BCUT2D eigenvalue weighted by Gasteiger charge is -2.12. The Labute approximate surface area is 158 Å². The van der Waals surface area contributed by atoms with Crippen molar-refractivity contribution in [1.82, 2.24) is 5.32 Å². The summed E-state index contributed by atoms with van der Waals surface area (Å²) in [6.07, 6.45) is 2.13. The third-order valence-electron chi connectivity index (χ3n) is 5.12. The summed E-state index contributed by atoms with van der Waals surface area (Å²) in [4.78, 5) is 11.3. The molecule has 0 aliphatic heterocycles. The first-order valence-electron chi connectivity index (χ1n) is 9.08. The zero-order chi connectivity index (χ0) is 18.8. The molecule has 0 unspecified atom stereocenters. The molecule has 3 N–H and O–H groups in total. The Morgan fingerprint density at radius 3 is 2.26 bits per heavy atom. The Morgan fingerprint density at radius 2 is 1.63 bits per heavy atom. The molecule has 4 heteroatoms. The molecule has 1 aliphatic rings. The number of rotatable bonds is 5. The Kier molecular flexibility index (Phi) is 4.73. The van der Waals surface area contributed by atoms with E-state index in [1.165, 1.54) is 22.8 Å². The highest BCUT2D eigenvalue weighted by molar-refractivity contribution is 5.94. The van der Waals surface area contributed by atoms with Gasteiger partial charge in [0.15, 0.2) is 0 Å². The molecule has 1 amide bonds. The minimum Gasteiger partial charge on any atom is -0.366 e. The molecule has 3 aromatic carbocycles. The van der Waals surface area contributed by atoms with Crippen LogP contribution in [0.4, 0.5) is 4.39 Å². The van der Waals surface area contributed by atoms with Gasteiger partial charge in [0.25, 0.3) is 0 Å². The van der Waals surface area contributed by atoms with Crippen molar-refractivity contribution < 1.29 is 9.18 Å². The van der Waals surface area contributed by atoms with E-state index in [-0.39, 0.29) is 5.56 Å². The zero-order valence-corrected chi connectivity index (χ0v) is 14.9. The first kappa shape index (κ1) is 17.4. The second-order valence-electron chi connectivity index (χ2n) is 7.04. The lowest BCUT2D eigenvalue weighted by atomic mass is 10.0. The number of nitrogens with two attached hydrogens (primary N) is 1. The maximum Gasteiger partial charge on any atom is 0.248 e. The van der Waals surface area contributed by atoms with Gasteiger partial charge in [-0.2, -0.15) is 0 Å². The monoisotopic (exact) mass is 360 g/mol. The summed E-state index contributed by atoms with van der Waals surface area (Å²) in [5.74, 6) is -1.10. The zero-order valence-electron chi connectivity index (χ0n) is 14.9. The summed E-state index contributed by atoms with van der Waals surface area (Å²) in [5.41, 5.74) is 11.0. The van der Waals surface area contributed by atoms with Crippen LogP contribution in [0.1, 0.15) is 27.0 Å². The Hall–Kier alpha value is -2.98. The third kappa shape index (κ3) is 3.91. The topological polar surface area (TPSA) is 55.1 Å². The number of nitrogens with one attached hydrogen (secondary N) is 1. The molecule has 0 radical (unpaired) electrons. The van der Waals surface area contributed by atoms with E-state index in [0.717, 1.165) is 31.0 Å². The molecule has 0 aromatic heterocycles. The van der Waals surface area contributed by atoms with Gasteiger partial charge in [0.05, 0.1) is 0 Å². The predicted octanol–water partition coefficient (Wildman–Crippen LogP) is 3.85. The van der Waals surface area contributed by atoms with Gasteiger partial charge in [-0.15, -0.1) is 0 Å². The van der Waals surface area contributed by atoms with Crippen LogP contribution in [0, 0.1) is 5.82 Å². The Morgan fingerprint density at radius 1 is 0.963 bits per heavy atom. The van der Waals surface area contributed by atoms with Crippen molar-refractivity contribution >= 4 is 5.91 Å². The van der Waals surface area contributed by atoms with E-state index in [9.17, 15) is 9.18 Å². The predicted molar refractivity (Wildman–Crippen MR) is 105 cm³/mol. The van der Waals surface area contributed by atoms with E-state index in [2.05, 4.69) is 29.6 Å². The van der Waals surface area contributed by atoms with Gasteiger partial charge >= 0.3 is 0 Å². The number of fused-ring (bicyclic) bond motifs is 1. The normalized spacial score (nSPS) is 13.5. The van der Waals surface area contributed by atoms with Crippen LogP contribution < -0.4 is 11.1 Å². The van der Waals surface area contributed by atoms with Crippen molar-refractivity contribution in [3.8, 4) is 11.1 Å². The molecule has 136 valence electrons. The average Bonchev–Trinajstić information content (AvgIpc) is 3.09. The minimum absolute atomic E-state index is 0.177. The van der Waals surface area contributed by atoms with E-state index in [1.807, 2.05) is 24.3 Å². The van der Waals surface area contributed by atoms with Crippen molar-refractivity contribution in [2.24, 2.45) is 5.73 Å². The van der Waals surface area contributed by atoms with Crippen molar-refractivity contribution in [3.05, 3.63) is 94.8 Å². The van der Waals surface area contributed by atoms with Crippen LogP contribution in [0.15, 0.2) is 66.7 Å². The molecule has 0 saturated heterocycles. The van der Waals surface area contributed by atoms with Crippen LogP contribution in [0.2, 0.25) is 0 Å². The van der Waals surface area contributed by atoms with E-state index < -0.39 is 11.7 Å². The van der Waals surface area contributed by atoms with Crippen LogP contribution >= 0.6 is 0 Å². The third-order valence-corrected chi connectivity index (χ3v) is 5.12. The lowest BCUT2D eigenvalue weighted by Crippen LogP contribution is -2.28. The summed E-state index contributed by atoms with van der Waals surface area (Å²) >= 11 is 0. The average molecular weight is 360 g/mol. The smallest absolute Gasteiger partial charge is 0.248 e. The van der Waals surface area contributed by atoms with E-state index in [1.54, 1.807) is 6.07 Å². The first-order chi connectivity index (χ1) is 13.1. The highest BCUT2D eigenvalue weighted by Crippen LogP contribution is 2.24. The fraction of sp³-hybridized carbons (Fsp3) is 0.174. The molecule has 0 atom stereocenters. The first-order valence-corrected chi connectivity index (χ1v) is 9.08. The van der Waals surface area contributed by atoms with Gasteiger partial charge in [0, 0.05) is 18.2 Å². The van der Waals surface area contributed by atoms with Gasteiger partial charge in [-0.25, -0.2) is 4.39 Å². The molecule has 0 heterocycles. The highest BCUT2D eigenvalue weighted by atomic mass is 19.1. The van der Waals surface area contributed by atoms with Gasteiger partial charge in [-0.3, -0.25) is 4.79 Å². The molecule has 0 spiro atoms. The summed E-state index contributed by atoms with van der Waals surface area (Å²) in [6.45, 7) is 0.786. The molecule has 1 aliphatic carbocycles. The standard InChI is InChI=1S/C23H21FN2O/c24-21-10-19(9-20(11-21)23(25)27)16-7-5-15(6-8-16)14-26-22-12-17-3-1-2-4-18(17)13-22/h1-11,22,26H,12-14H2,(H2,25,27). The van der Waals surface area contributed by atoms with Crippen LogP contribution in [0.25, 0.3) is 11.1 Å². The number of carbonyl (C=O) groups is 1. The molecule has 27 heavy (non-hydrogen) atoms. The van der Waals surface area contributed by atoms with Gasteiger partial charge < -0.3 is 11.1 Å². The Balaban J connectivity index is 1.42. The van der Waals surface area contributed by atoms with E-state index in [4.69, 9.17) is 5.73 Å². The molecule has 4 rings (SSSR count). The number of hydrogen-bond donors (Lipinski definition) is 2. The molecular formula is C23H21FN2O. The van der Waals surface area contributed by atoms with Crippen molar-refractivity contribution in [2.45, 2.75) is 25.4 Å².